The second kappa shape index (κ2) is 48.3. The third kappa shape index (κ3) is 34.2. The van der Waals surface area contributed by atoms with E-state index >= 15 is 0 Å². The number of primary amides is 1. The van der Waals surface area contributed by atoms with E-state index in [0.29, 0.717) is 148 Å². The highest BCUT2D eigenvalue weighted by Crippen LogP contribution is 2.26. The highest BCUT2D eigenvalue weighted by atomic mass is 32.2. The van der Waals surface area contributed by atoms with Crippen LogP contribution in [0.25, 0.3) is 0 Å². The molecule has 91 heavy (non-hydrogen) atoms. The van der Waals surface area contributed by atoms with Crippen molar-refractivity contribution < 1.29 is 80.7 Å². The minimum Gasteiger partial charge on any atom is -0.399 e. The van der Waals surface area contributed by atoms with Crippen molar-refractivity contribution in [3.8, 4) is 11.8 Å². The fourth-order valence-corrected chi connectivity index (χ4v) is 9.51. The number of nitrogens with two attached hydrogens (primary N) is 2. The van der Waals surface area contributed by atoms with Gasteiger partial charge in [0.2, 0.25) is 41.4 Å². The van der Waals surface area contributed by atoms with Gasteiger partial charge in [-0.15, -0.1) is 0 Å². The second-order valence-electron chi connectivity index (χ2n) is 21.7. The SMILES string of the molecule is CC(C)C(NC(=O)[C@@H](CCCCNC(=O)COC1CCCCC/C(NCCOCCOCCOCCOCCC(=O)NCCSO)=C\1N)NC(=O)CCOCCOCCOCCOCCNC(=O)CCC(=O)N1Cc2ccccc2C#Cc2ccccc21)C(N)=O. The number of rotatable bonds is 50. The van der Waals surface area contributed by atoms with Gasteiger partial charge in [0.15, 0.2) is 0 Å². The summed E-state index contributed by atoms with van der Waals surface area (Å²) in [6.45, 7) is 10.4. The minimum absolute atomic E-state index is 0.0313. The molecule has 2 aromatic carbocycles. The van der Waals surface area contributed by atoms with Crippen LogP contribution in [0.3, 0.4) is 0 Å². The Bertz CT molecular complexity index is 2570. The maximum absolute atomic E-state index is 13.4. The molecule has 11 N–H and O–H groups in total. The maximum Gasteiger partial charge on any atom is 0.246 e. The lowest BCUT2D eigenvalue weighted by molar-refractivity contribution is -0.132. The van der Waals surface area contributed by atoms with E-state index in [0.717, 1.165) is 53.8 Å². The van der Waals surface area contributed by atoms with Gasteiger partial charge in [0.25, 0.3) is 0 Å². The lowest BCUT2D eigenvalue weighted by Gasteiger charge is -2.26. The van der Waals surface area contributed by atoms with Crippen molar-refractivity contribution in [2.75, 3.05) is 149 Å². The number of allylic oxidation sites excluding steroid dienone is 1. The van der Waals surface area contributed by atoms with E-state index in [1.54, 1.807) is 18.7 Å². The van der Waals surface area contributed by atoms with Crippen molar-refractivity contribution in [3.05, 3.63) is 76.6 Å². The third-order valence-electron chi connectivity index (χ3n) is 14.3. The van der Waals surface area contributed by atoms with Gasteiger partial charge in [0.1, 0.15) is 18.7 Å². The Morgan fingerprint density at radius 2 is 1.15 bits per heavy atom. The molecular formula is C64H99N9O17S. The number of hydrogen-bond donors (Lipinski definition) is 9. The molecule has 2 unspecified atom stereocenters. The van der Waals surface area contributed by atoms with E-state index in [9.17, 15) is 33.6 Å². The number of benzene rings is 2. The molecule has 3 atom stereocenters. The Morgan fingerprint density at radius 3 is 1.79 bits per heavy atom. The van der Waals surface area contributed by atoms with E-state index in [-0.39, 0.29) is 101 Å². The summed E-state index contributed by atoms with van der Waals surface area (Å²) in [5.41, 5.74) is 16.9. The van der Waals surface area contributed by atoms with Gasteiger partial charge in [-0.25, -0.2) is 0 Å². The smallest absolute Gasteiger partial charge is 0.246 e. The summed E-state index contributed by atoms with van der Waals surface area (Å²) in [5, 5.41) is 17.2. The van der Waals surface area contributed by atoms with Crippen LogP contribution in [-0.2, 0) is 82.7 Å². The topological polar surface area (TPSA) is 350 Å². The average Bonchev–Trinajstić information content (AvgIpc) is 1.00. The van der Waals surface area contributed by atoms with Crippen LogP contribution in [-0.4, -0.2) is 208 Å². The molecule has 27 heteroatoms. The quantitative estimate of drug-likeness (QED) is 0.0261. The lowest BCUT2D eigenvalue weighted by atomic mass is 9.99. The molecule has 0 bridgehead atoms. The maximum atomic E-state index is 13.4. The molecule has 26 nitrogen and oxygen atoms in total. The van der Waals surface area contributed by atoms with Gasteiger partial charge in [0.05, 0.1) is 130 Å². The summed E-state index contributed by atoms with van der Waals surface area (Å²) < 4.78 is 59.2. The first-order valence-electron chi connectivity index (χ1n) is 31.7. The molecule has 4 rings (SSSR count). The summed E-state index contributed by atoms with van der Waals surface area (Å²) >= 11 is 0.682. The number of carbonyl (C=O) groups is 7. The minimum atomic E-state index is -0.971. The normalized spacial score (nSPS) is 15.3. The van der Waals surface area contributed by atoms with Crippen LogP contribution in [0.4, 0.5) is 5.69 Å². The van der Waals surface area contributed by atoms with Crippen LogP contribution in [0, 0.1) is 17.8 Å². The molecule has 7 amide bonds. The van der Waals surface area contributed by atoms with Crippen molar-refractivity contribution in [2.24, 2.45) is 17.4 Å². The molecule has 0 radical (unpaired) electrons. The fourth-order valence-electron chi connectivity index (χ4n) is 9.32. The largest absolute Gasteiger partial charge is 0.399 e. The summed E-state index contributed by atoms with van der Waals surface area (Å²) in [5.74, 6) is 4.03. The standard InChI is InChI=1S/C64H99N9O17S/c1-48(2)62(63(66)79)72-64(80)53(16-10-11-25-68-59(77)47-90-55-18-5-3-4-15-52(61(55)65)67-26-31-84-35-39-88-43-41-86-37-33-82-29-23-57(75)70-28-45-91-81)71-58(76)24-30-83-34-38-87-42-44-89-40-36-85-32-27-69-56(74)21-22-60(78)73-46-51-14-7-6-12-49(51)19-20-50-13-8-9-17-54(50)73/h6-9,12-14,17,48,53,55,62,67,81H,3-5,10-11,15-16,18,21-47,65H2,1-2H3,(H2,66,79)(H,68,77)(H,69,74)(H,70,75)(H,71,76)(H,72,80)/b61-52-/t53-,55?,62?/m1/s1. The van der Waals surface area contributed by atoms with Crippen molar-refractivity contribution in [2.45, 2.75) is 116 Å². The molecule has 0 saturated carbocycles. The van der Waals surface area contributed by atoms with Crippen LogP contribution in [0.5, 0.6) is 0 Å². The van der Waals surface area contributed by atoms with Gasteiger partial charge in [-0.05, 0) is 80.2 Å². The van der Waals surface area contributed by atoms with Crippen LogP contribution in [0.1, 0.15) is 108 Å². The number of ether oxygens (including phenoxy) is 9. The van der Waals surface area contributed by atoms with Crippen LogP contribution >= 0.6 is 12.0 Å². The number of fused-ring (bicyclic) bond motifs is 2. The summed E-state index contributed by atoms with van der Waals surface area (Å²) in [6.07, 6.45) is 5.32. The first-order chi connectivity index (χ1) is 44.3. The summed E-state index contributed by atoms with van der Waals surface area (Å²) in [4.78, 5) is 90.8. The number of anilines is 1. The molecule has 1 aliphatic heterocycles. The Morgan fingerprint density at radius 1 is 0.604 bits per heavy atom. The van der Waals surface area contributed by atoms with E-state index < -0.39 is 35.9 Å². The predicted octanol–water partition coefficient (Wildman–Crippen LogP) is 2.57. The Hall–Kier alpha value is -6.42. The Kier molecular flexibility index (Phi) is 40.9. The summed E-state index contributed by atoms with van der Waals surface area (Å²) in [6, 6.07) is 13.3. The number of unbranched alkanes of at least 4 members (excludes halogenated alkanes) is 1. The first kappa shape index (κ1) is 77.0. The second-order valence-corrected chi connectivity index (χ2v) is 22.4. The average molecular weight is 1300 g/mol. The number of nitrogens with zero attached hydrogens (tertiary/aromatic N) is 1. The van der Waals surface area contributed by atoms with Crippen molar-refractivity contribution >= 4 is 59.1 Å². The van der Waals surface area contributed by atoms with Gasteiger partial charge < -0.3 is 95.5 Å². The number of nitrogens with one attached hydrogen (secondary N) is 6. The van der Waals surface area contributed by atoms with E-state index in [4.69, 9.17) is 58.7 Å². The predicted molar refractivity (Wildman–Crippen MR) is 343 cm³/mol. The molecule has 0 aromatic heterocycles. The molecule has 2 aliphatic rings. The number of amides is 7. The number of para-hydroxylation sites is 1. The van der Waals surface area contributed by atoms with Gasteiger partial charge in [-0.2, -0.15) is 0 Å². The lowest BCUT2D eigenvalue weighted by Crippen LogP contribution is -2.54. The van der Waals surface area contributed by atoms with Crippen molar-refractivity contribution in [1.29, 1.82) is 0 Å². The zero-order valence-corrected chi connectivity index (χ0v) is 54.0. The van der Waals surface area contributed by atoms with Gasteiger partial charge >= 0.3 is 0 Å². The third-order valence-corrected chi connectivity index (χ3v) is 14.6. The fraction of sp³-hybridized carbons (Fsp3) is 0.641. The molecule has 2 aromatic rings. The number of carbonyl (C=O) groups excluding carboxylic acids is 7. The van der Waals surface area contributed by atoms with E-state index in [2.05, 4.69) is 43.7 Å². The molecule has 0 fully saturated rings. The van der Waals surface area contributed by atoms with Crippen LogP contribution in [0.2, 0.25) is 0 Å². The monoisotopic (exact) mass is 1300 g/mol. The van der Waals surface area contributed by atoms with Gasteiger partial charge in [0, 0.05) is 74.4 Å². The zero-order valence-electron chi connectivity index (χ0n) is 53.2. The highest BCUT2D eigenvalue weighted by molar-refractivity contribution is 7.93. The molecule has 0 spiro atoms. The van der Waals surface area contributed by atoms with Crippen molar-refractivity contribution in [3.63, 3.8) is 0 Å². The molecule has 1 aliphatic carbocycles. The Balaban J connectivity index is 1.00. The molecule has 508 valence electrons. The molecule has 0 saturated heterocycles. The highest BCUT2D eigenvalue weighted by Gasteiger charge is 2.28. The van der Waals surface area contributed by atoms with Gasteiger partial charge in [-0.3, -0.25) is 33.6 Å². The first-order valence-corrected chi connectivity index (χ1v) is 32.6. The van der Waals surface area contributed by atoms with E-state index in [1.807, 2.05) is 48.5 Å². The molecule has 1 heterocycles. The van der Waals surface area contributed by atoms with Crippen molar-refractivity contribution in [1.82, 2.24) is 31.9 Å². The molecular weight excluding hydrogens is 1200 g/mol. The zero-order chi connectivity index (χ0) is 65.5. The number of hydrogen-bond acceptors (Lipinski definition) is 20. The van der Waals surface area contributed by atoms with E-state index in [1.165, 1.54) is 0 Å². The van der Waals surface area contributed by atoms with Crippen LogP contribution in [0.15, 0.2) is 59.9 Å². The summed E-state index contributed by atoms with van der Waals surface area (Å²) in [7, 11) is 0. The van der Waals surface area contributed by atoms with Crippen LogP contribution < -0.4 is 48.3 Å². The van der Waals surface area contributed by atoms with Gasteiger partial charge in [-0.1, -0.05) is 68.9 Å². The Labute approximate surface area is 540 Å².